The Morgan fingerprint density at radius 3 is 2.50 bits per heavy atom. The van der Waals surface area contributed by atoms with Crippen LogP contribution in [-0.4, -0.2) is 47.1 Å². The van der Waals surface area contributed by atoms with Crippen LogP contribution in [0.1, 0.15) is 24.3 Å². The van der Waals surface area contributed by atoms with Crippen molar-refractivity contribution in [2.45, 2.75) is 37.1 Å². The topological polar surface area (TPSA) is 117 Å². The highest BCUT2D eigenvalue weighted by Crippen LogP contribution is 2.47. The second-order valence-electron chi connectivity index (χ2n) is 7.34. The van der Waals surface area contributed by atoms with E-state index in [0.717, 1.165) is 5.56 Å². The van der Waals surface area contributed by atoms with E-state index in [9.17, 15) is 19.1 Å². The number of carboxylic acids is 1. The number of aliphatic hydroxyl groups is 1. The Labute approximate surface area is 171 Å². The molecule has 0 aliphatic carbocycles. The number of halogens is 1. The number of aliphatic hydroxyl groups excluding tert-OH is 1. The zero-order valence-corrected chi connectivity index (χ0v) is 15.9. The van der Waals surface area contributed by atoms with Crippen molar-refractivity contribution >= 4 is 23.4 Å². The Balaban J connectivity index is 1.49. The van der Waals surface area contributed by atoms with E-state index in [-0.39, 0.29) is 18.9 Å². The monoisotopic (exact) mass is 416 g/mol. The fourth-order valence-corrected chi connectivity index (χ4v) is 3.99. The number of aliphatic carboxylic acids is 1. The van der Waals surface area contributed by atoms with Gasteiger partial charge in [0.05, 0.1) is 19.1 Å². The van der Waals surface area contributed by atoms with Gasteiger partial charge in [-0.15, -0.1) is 0 Å². The molecule has 2 amide bonds. The molecule has 2 aromatic rings. The normalized spacial score (nSPS) is 24.3. The molecule has 2 aliphatic heterocycles. The fraction of sp³-hybridized carbons (Fsp3) is 0.333. The van der Waals surface area contributed by atoms with E-state index >= 15 is 0 Å². The standard InChI is InChI=1S/C21H21FN2O6/c22-11-1-3-12(4-2-11)23-21(28)24-13-5-6-17-15(7-13)16-8-14(9-19(26)27)29-18(10-25)20(16)30-17/h1-7,14,16,18,20,25H,8-10H2,(H,26,27)(H2,23,24,28)/t14-,16-,18-,20+/m1/s1. The van der Waals surface area contributed by atoms with Crippen LogP contribution < -0.4 is 15.4 Å². The zero-order chi connectivity index (χ0) is 21.3. The Kier molecular flexibility index (Phi) is 5.56. The molecule has 1 fully saturated rings. The number of benzene rings is 2. The number of urea groups is 1. The quantitative estimate of drug-likeness (QED) is 0.595. The minimum absolute atomic E-state index is 0.155. The first-order chi connectivity index (χ1) is 14.4. The van der Waals surface area contributed by atoms with Crippen molar-refractivity contribution in [3.05, 3.63) is 53.8 Å². The molecule has 4 rings (SSSR count). The Morgan fingerprint density at radius 2 is 1.80 bits per heavy atom. The van der Waals surface area contributed by atoms with Gasteiger partial charge < -0.3 is 30.3 Å². The maximum atomic E-state index is 13.0. The summed E-state index contributed by atoms with van der Waals surface area (Å²) in [7, 11) is 0. The summed E-state index contributed by atoms with van der Waals surface area (Å²) >= 11 is 0. The molecule has 1 saturated heterocycles. The van der Waals surface area contributed by atoms with Gasteiger partial charge in [0, 0.05) is 22.9 Å². The number of carboxylic acid groups (broad SMARTS) is 1. The van der Waals surface area contributed by atoms with Crippen molar-refractivity contribution in [1.82, 2.24) is 0 Å². The van der Waals surface area contributed by atoms with Crippen LogP contribution in [0.5, 0.6) is 5.75 Å². The highest BCUT2D eigenvalue weighted by molar-refractivity contribution is 5.99. The van der Waals surface area contributed by atoms with E-state index in [1.54, 1.807) is 18.2 Å². The smallest absolute Gasteiger partial charge is 0.323 e. The SMILES string of the molecule is O=C(O)C[C@H]1C[C@@H]2c3cc(NC(=O)Nc4ccc(F)cc4)ccc3O[C@@H]2[C@@H](CO)O1. The van der Waals surface area contributed by atoms with Gasteiger partial charge in [0.25, 0.3) is 0 Å². The third-order valence-corrected chi connectivity index (χ3v) is 5.26. The van der Waals surface area contributed by atoms with Gasteiger partial charge in [-0.05, 0) is 48.9 Å². The summed E-state index contributed by atoms with van der Waals surface area (Å²) < 4.78 is 24.6. The second kappa shape index (κ2) is 8.29. The van der Waals surface area contributed by atoms with Gasteiger partial charge >= 0.3 is 12.0 Å². The van der Waals surface area contributed by atoms with Crippen LogP contribution in [0, 0.1) is 5.82 Å². The predicted octanol–water partition coefficient (Wildman–Crippen LogP) is 2.94. The number of carbonyl (C=O) groups is 2. The first kappa shape index (κ1) is 20.1. The molecule has 2 aromatic carbocycles. The van der Waals surface area contributed by atoms with Crippen LogP contribution in [0.25, 0.3) is 0 Å². The minimum atomic E-state index is -0.970. The third-order valence-electron chi connectivity index (χ3n) is 5.26. The summed E-state index contributed by atoms with van der Waals surface area (Å²) in [5, 5.41) is 24.1. The lowest BCUT2D eigenvalue weighted by atomic mass is 9.84. The van der Waals surface area contributed by atoms with E-state index in [0.29, 0.717) is 23.5 Å². The van der Waals surface area contributed by atoms with E-state index in [2.05, 4.69) is 10.6 Å². The summed E-state index contributed by atoms with van der Waals surface area (Å²) in [5.41, 5.74) is 1.81. The lowest BCUT2D eigenvalue weighted by Crippen LogP contribution is -2.46. The van der Waals surface area contributed by atoms with Crippen molar-refractivity contribution in [3.8, 4) is 5.75 Å². The molecular formula is C21H21FN2O6. The number of hydrogen-bond acceptors (Lipinski definition) is 5. The molecule has 0 spiro atoms. The molecule has 0 saturated carbocycles. The molecule has 2 aliphatic rings. The maximum absolute atomic E-state index is 13.0. The van der Waals surface area contributed by atoms with Crippen LogP contribution in [0.4, 0.5) is 20.6 Å². The number of hydrogen-bond donors (Lipinski definition) is 4. The first-order valence-corrected chi connectivity index (χ1v) is 9.55. The third kappa shape index (κ3) is 4.22. The van der Waals surface area contributed by atoms with Crippen molar-refractivity contribution in [2.75, 3.05) is 17.2 Å². The molecule has 158 valence electrons. The highest BCUT2D eigenvalue weighted by Gasteiger charge is 2.46. The summed E-state index contributed by atoms with van der Waals surface area (Å²) in [6.07, 6.45) is -1.30. The van der Waals surface area contributed by atoms with Crippen LogP contribution in [-0.2, 0) is 9.53 Å². The average Bonchev–Trinajstić information content (AvgIpc) is 3.06. The molecule has 0 aromatic heterocycles. The molecule has 0 bridgehead atoms. The molecule has 4 N–H and O–H groups in total. The van der Waals surface area contributed by atoms with Gasteiger partial charge in [0.1, 0.15) is 23.8 Å². The van der Waals surface area contributed by atoms with Gasteiger partial charge in [-0.2, -0.15) is 0 Å². The maximum Gasteiger partial charge on any atom is 0.323 e. The van der Waals surface area contributed by atoms with Crippen LogP contribution in [0.3, 0.4) is 0 Å². The summed E-state index contributed by atoms with van der Waals surface area (Å²) in [6, 6.07) is 10.1. The first-order valence-electron chi connectivity index (χ1n) is 9.55. The lowest BCUT2D eigenvalue weighted by molar-refractivity contribution is -0.153. The van der Waals surface area contributed by atoms with E-state index in [4.69, 9.17) is 14.6 Å². The van der Waals surface area contributed by atoms with Crippen LogP contribution in [0.15, 0.2) is 42.5 Å². The van der Waals surface area contributed by atoms with Gasteiger partial charge in [-0.3, -0.25) is 4.79 Å². The largest absolute Gasteiger partial charge is 0.487 e. The Morgan fingerprint density at radius 1 is 1.10 bits per heavy atom. The van der Waals surface area contributed by atoms with Crippen LogP contribution >= 0.6 is 0 Å². The van der Waals surface area contributed by atoms with Crippen LogP contribution in [0.2, 0.25) is 0 Å². The fourth-order valence-electron chi connectivity index (χ4n) is 3.99. The summed E-state index contributed by atoms with van der Waals surface area (Å²) in [6.45, 7) is -0.281. The summed E-state index contributed by atoms with van der Waals surface area (Å²) in [4.78, 5) is 23.4. The molecule has 30 heavy (non-hydrogen) atoms. The minimum Gasteiger partial charge on any atom is -0.487 e. The van der Waals surface area contributed by atoms with Crippen molar-refractivity contribution in [3.63, 3.8) is 0 Å². The highest BCUT2D eigenvalue weighted by atomic mass is 19.1. The molecule has 9 heteroatoms. The molecule has 0 unspecified atom stereocenters. The zero-order valence-electron chi connectivity index (χ0n) is 15.9. The number of ether oxygens (including phenoxy) is 2. The van der Waals surface area contributed by atoms with Gasteiger partial charge in [-0.1, -0.05) is 0 Å². The molecule has 0 radical (unpaired) electrons. The number of carbonyl (C=O) groups excluding carboxylic acids is 1. The molecule has 8 nitrogen and oxygen atoms in total. The number of nitrogens with one attached hydrogen (secondary N) is 2. The average molecular weight is 416 g/mol. The summed E-state index contributed by atoms with van der Waals surface area (Å²) in [5.74, 6) is -0.903. The van der Waals surface area contributed by atoms with E-state index in [1.807, 2.05) is 0 Å². The number of rotatable bonds is 5. The van der Waals surface area contributed by atoms with Gasteiger partial charge in [-0.25, -0.2) is 9.18 Å². The second-order valence-corrected chi connectivity index (χ2v) is 7.34. The number of anilines is 2. The molecular weight excluding hydrogens is 395 g/mol. The predicted molar refractivity (Wildman–Crippen MR) is 105 cm³/mol. The van der Waals surface area contributed by atoms with E-state index < -0.39 is 36.1 Å². The van der Waals surface area contributed by atoms with Crippen molar-refractivity contribution in [1.29, 1.82) is 0 Å². The molecule has 2 heterocycles. The number of amides is 2. The Bertz CT molecular complexity index is 951. The number of fused-ring (bicyclic) bond motifs is 3. The van der Waals surface area contributed by atoms with Gasteiger partial charge in [0.15, 0.2) is 0 Å². The van der Waals surface area contributed by atoms with E-state index in [1.165, 1.54) is 24.3 Å². The lowest BCUT2D eigenvalue weighted by Gasteiger charge is -2.36. The molecule has 4 atom stereocenters. The van der Waals surface area contributed by atoms with Crippen molar-refractivity contribution in [2.24, 2.45) is 0 Å². The van der Waals surface area contributed by atoms with Crippen molar-refractivity contribution < 1.29 is 33.7 Å². The van der Waals surface area contributed by atoms with Gasteiger partial charge in [0.2, 0.25) is 0 Å². The Hall–Kier alpha value is -3.17.